The van der Waals surface area contributed by atoms with Crippen LogP contribution in [0.4, 0.5) is 0 Å². The molecule has 0 aromatic carbocycles. The Kier molecular flexibility index (Phi) is 1.90. The number of carbonyl (C=O) groups is 1. The van der Waals surface area contributed by atoms with Gasteiger partial charge in [-0.2, -0.15) is 0 Å². The molecule has 0 aromatic heterocycles. The minimum atomic E-state index is 0.161. The second kappa shape index (κ2) is 2.83. The van der Waals surface area contributed by atoms with Gasteiger partial charge < -0.3 is 0 Å². The summed E-state index contributed by atoms with van der Waals surface area (Å²) in [6, 6.07) is 0. The van der Waals surface area contributed by atoms with Crippen molar-refractivity contribution >= 4 is 5.78 Å². The first-order valence-corrected chi connectivity index (χ1v) is 5.03. The van der Waals surface area contributed by atoms with Crippen LogP contribution in [0.25, 0.3) is 0 Å². The van der Waals surface area contributed by atoms with Crippen LogP contribution in [0.1, 0.15) is 39.5 Å². The normalized spacial score (nSPS) is 33.5. The van der Waals surface area contributed by atoms with Crippen LogP contribution in [0.2, 0.25) is 0 Å². The van der Waals surface area contributed by atoms with Crippen LogP contribution in [-0.2, 0) is 4.79 Å². The van der Waals surface area contributed by atoms with Crippen LogP contribution in [0.15, 0.2) is 23.3 Å². The third-order valence-corrected chi connectivity index (χ3v) is 3.39. The van der Waals surface area contributed by atoms with Gasteiger partial charge in [-0.3, -0.25) is 4.79 Å². The second-order valence-electron chi connectivity index (χ2n) is 4.58. The van der Waals surface area contributed by atoms with E-state index in [1.54, 1.807) is 6.08 Å². The van der Waals surface area contributed by atoms with Gasteiger partial charge in [0, 0.05) is 6.42 Å². The number of rotatable bonds is 0. The van der Waals surface area contributed by atoms with Crippen molar-refractivity contribution in [1.29, 1.82) is 0 Å². The summed E-state index contributed by atoms with van der Waals surface area (Å²) in [7, 11) is 0. The summed E-state index contributed by atoms with van der Waals surface area (Å²) in [4.78, 5) is 11.3. The Morgan fingerprint density at radius 2 is 2.15 bits per heavy atom. The van der Waals surface area contributed by atoms with Crippen molar-refractivity contribution in [2.24, 2.45) is 5.41 Å². The zero-order chi connectivity index (χ0) is 9.47. The summed E-state index contributed by atoms with van der Waals surface area (Å²) in [5.41, 5.74) is 3.07. The molecule has 0 fully saturated rings. The summed E-state index contributed by atoms with van der Waals surface area (Å²) >= 11 is 0. The van der Waals surface area contributed by atoms with Crippen LogP contribution in [0.3, 0.4) is 0 Å². The molecule has 2 rings (SSSR count). The number of hydrogen-bond donors (Lipinski definition) is 0. The van der Waals surface area contributed by atoms with E-state index in [0.717, 1.165) is 6.42 Å². The summed E-state index contributed by atoms with van der Waals surface area (Å²) in [5, 5.41) is 0. The maximum Gasteiger partial charge on any atom is 0.156 e. The van der Waals surface area contributed by atoms with E-state index in [0.29, 0.717) is 5.78 Å². The minimum absolute atomic E-state index is 0.161. The SMILES string of the molecule is CC1=C2C=CC(=O)CC2(C)CCC1. The second-order valence-corrected chi connectivity index (χ2v) is 4.58. The molecule has 1 heteroatoms. The minimum Gasteiger partial charge on any atom is -0.295 e. The predicted molar refractivity (Wildman–Crippen MR) is 53.4 cm³/mol. The maximum absolute atomic E-state index is 11.3. The maximum atomic E-state index is 11.3. The Morgan fingerprint density at radius 1 is 1.38 bits per heavy atom. The van der Waals surface area contributed by atoms with Crippen molar-refractivity contribution in [2.75, 3.05) is 0 Å². The van der Waals surface area contributed by atoms with Crippen molar-refractivity contribution in [1.82, 2.24) is 0 Å². The van der Waals surface area contributed by atoms with E-state index in [1.165, 1.54) is 30.4 Å². The number of carbonyl (C=O) groups excluding carboxylic acids is 1. The van der Waals surface area contributed by atoms with E-state index >= 15 is 0 Å². The quantitative estimate of drug-likeness (QED) is 0.554. The molecule has 1 nitrogen and oxygen atoms in total. The molecule has 0 heterocycles. The highest BCUT2D eigenvalue weighted by atomic mass is 16.1. The largest absolute Gasteiger partial charge is 0.295 e. The Labute approximate surface area is 79.5 Å². The van der Waals surface area contributed by atoms with Crippen LogP contribution in [0.5, 0.6) is 0 Å². The Balaban J connectivity index is 2.47. The molecule has 2 aliphatic carbocycles. The molecule has 0 aromatic rings. The average molecular weight is 176 g/mol. The molecule has 0 radical (unpaired) electrons. The summed E-state index contributed by atoms with van der Waals surface area (Å²) in [6.07, 6.45) is 8.13. The molecule has 0 N–H and O–H groups in total. The number of hydrogen-bond acceptors (Lipinski definition) is 1. The molecule has 0 amide bonds. The van der Waals surface area contributed by atoms with Gasteiger partial charge in [-0.1, -0.05) is 18.6 Å². The van der Waals surface area contributed by atoms with Crippen LogP contribution < -0.4 is 0 Å². The van der Waals surface area contributed by atoms with Crippen molar-refractivity contribution < 1.29 is 4.79 Å². The van der Waals surface area contributed by atoms with E-state index in [9.17, 15) is 4.79 Å². The lowest BCUT2D eigenvalue weighted by molar-refractivity contribution is -0.116. The third-order valence-electron chi connectivity index (χ3n) is 3.39. The molecule has 0 spiro atoms. The van der Waals surface area contributed by atoms with Gasteiger partial charge in [0.05, 0.1) is 0 Å². The number of ketones is 1. The Morgan fingerprint density at radius 3 is 2.92 bits per heavy atom. The number of fused-ring (bicyclic) bond motifs is 1. The first kappa shape index (κ1) is 8.74. The standard InChI is InChI=1S/C12H16O/c1-9-4-3-7-12(2)8-10(13)5-6-11(9)12/h5-6H,3-4,7-8H2,1-2H3. The lowest BCUT2D eigenvalue weighted by Gasteiger charge is -2.37. The highest BCUT2D eigenvalue weighted by Crippen LogP contribution is 2.45. The van der Waals surface area contributed by atoms with Crippen LogP contribution in [-0.4, -0.2) is 5.78 Å². The van der Waals surface area contributed by atoms with Gasteiger partial charge in [0.1, 0.15) is 0 Å². The van der Waals surface area contributed by atoms with Gasteiger partial charge in [0.2, 0.25) is 0 Å². The highest BCUT2D eigenvalue weighted by molar-refractivity contribution is 5.92. The molecule has 0 aliphatic heterocycles. The fraction of sp³-hybridized carbons (Fsp3) is 0.583. The Hall–Kier alpha value is -0.850. The van der Waals surface area contributed by atoms with Gasteiger partial charge >= 0.3 is 0 Å². The van der Waals surface area contributed by atoms with Gasteiger partial charge in [0.25, 0.3) is 0 Å². The van der Waals surface area contributed by atoms with Gasteiger partial charge in [-0.05, 0) is 43.3 Å². The smallest absolute Gasteiger partial charge is 0.156 e. The monoisotopic (exact) mass is 176 g/mol. The zero-order valence-electron chi connectivity index (χ0n) is 8.39. The van der Waals surface area contributed by atoms with Crippen molar-refractivity contribution in [3.63, 3.8) is 0 Å². The van der Waals surface area contributed by atoms with Gasteiger partial charge in [0.15, 0.2) is 5.78 Å². The lowest BCUT2D eigenvalue weighted by atomic mass is 9.66. The van der Waals surface area contributed by atoms with E-state index in [2.05, 4.69) is 13.8 Å². The first-order chi connectivity index (χ1) is 6.12. The van der Waals surface area contributed by atoms with Crippen LogP contribution >= 0.6 is 0 Å². The fourth-order valence-electron chi connectivity index (χ4n) is 2.68. The summed E-state index contributed by atoms with van der Waals surface area (Å²) in [6.45, 7) is 4.43. The Bertz CT molecular complexity index is 309. The van der Waals surface area contributed by atoms with E-state index < -0.39 is 0 Å². The summed E-state index contributed by atoms with van der Waals surface area (Å²) < 4.78 is 0. The first-order valence-electron chi connectivity index (χ1n) is 5.03. The van der Waals surface area contributed by atoms with Crippen molar-refractivity contribution in [3.05, 3.63) is 23.3 Å². The molecule has 2 aliphatic rings. The molecule has 13 heavy (non-hydrogen) atoms. The molecule has 0 saturated carbocycles. The van der Waals surface area contributed by atoms with E-state index in [-0.39, 0.29) is 5.41 Å². The van der Waals surface area contributed by atoms with E-state index in [4.69, 9.17) is 0 Å². The predicted octanol–water partition coefficient (Wildman–Crippen LogP) is 3.02. The fourth-order valence-corrected chi connectivity index (χ4v) is 2.68. The third kappa shape index (κ3) is 1.37. The summed E-state index contributed by atoms with van der Waals surface area (Å²) in [5.74, 6) is 0.293. The topological polar surface area (TPSA) is 17.1 Å². The van der Waals surface area contributed by atoms with Crippen molar-refractivity contribution in [2.45, 2.75) is 39.5 Å². The highest BCUT2D eigenvalue weighted by Gasteiger charge is 2.35. The van der Waals surface area contributed by atoms with E-state index in [1.807, 2.05) is 6.08 Å². The molecule has 1 unspecified atom stereocenters. The van der Waals surface area contributed by atoms with Gasteiger partial charge in [-0.15, -0.1) is 0 Å². The molecule has 70 valence electrons. The zero-order valence-corrected chi connectivity index (χ0v) is 8.39. The number of allylic oxidation sites excluding steroid dienone is 4. The molecule has 0 bridgehead atoms. The molecular weight excluding hydrogens is 160 g/mol. The lowest BCUT2D eigenvalue weighted by Crippen LogP contribution is -2.28. The average Bonchev–Trinajstić information content (AvgIpc) is 2.02. The van der Waals surface area contributed by atoms with Gasteiger partial charge in [-0.25, -0.2) is 0 Å². The molecular formula is C12H16O. The van der Waals surface area contributed by atoms with Crippen molar-refractivity contribution in [3.8, 4) is 0 Å². The molecule has 0 saturated heterocycles. The molecule has 1 atom stereocenters. The van der Waals surface area contributed by atoms with Crippen LogP contribution in [0, 0.1) is 5.41 Å².